The van der Waals surface area contributed by atoms with Gasteiger partial charge in [-0.25, -0.2) is 0 Å². The molecule has 1 aromatic heterocycles. The molecule has 0 aliphatic carbocycles. The zero-order chi connectivity index (χ0) is 14.5. The SMILES string of the molecule is C=C(COCP(=O)(O)O)COc1cc(N)nc(N)n1. The van der Waals surface area contributed by atoms with Gasteiger partial charge in [0.1, 0.15) is 18.8 Å². The summed E-state index contributed by atoms with van der Waals surface area (Å²) in [6.07, 6.45) is -0.667. The molecule has 0 aromatic carbocycles. The molecule has 1 aromatic rings. The van der Waals surface area contributed by atoms with Crippen molar-refractivity contribution >= 4 is 19.4 Å². The summed E-state index contributed by atoms with van der Waals surface area (Å²) in [4.78, 5) is 24.6. The largest absolute Gasteiger partial charge is 0.473 e. The summed E-state index contributed by atoms with van der Waals surface area (Å²) in [5, 5.41) is 0. The normalized spacial score (nSPS) is 11.3. The predicted molar refractivity (Wildman–Crippen MR) is 68.4 cm³/mol. The lowest BCUT2D eigenvalue weighted by Gasteiger charge is -2.10. The number of ether oxygens (including phenoxy) is 2. The molecular weight excluding hydrogens is 275 g/mol. The fraction of sp³-hybridized carbons (Fsp3) is 0.333. The van der Waals surface area contributed by atoms with E-state index in [1.807, 2.05) is 0 Å². The van der Waals surface area contributed by atoms with E-state index in [0.717, 1.165) is 0 Å². The number of anilines is 2. The minimum Gasteiger partial charge on any atom is -0.473 e. The van der Waals surface area contributed by atoms with Crippen LogP contribution in [0.1, 0.15) is 0 Å². The van der Waals surface area contributed by atoms with Crippen LogP contribution in [0, 0.1) is 0 Å². The lowest BCUT2D eigenvalue weighted by atomic mass is 10.3. The third-order valence-corrected chi connectivity index (χ3v) is 2.25. The van der Waals surface area contributed by atoms with Crippen molar-refractivity contribution in [3.05, 3.63) is 18.2 Å². The van der Waals surface area contributed by atoms with Crippen molar-refractivity contribution in [2.45, 2.75) is 0 Å². The third-order valence-electron chi connectivity index (χ3n) is 1.73. The minimum absolute atomic E-state index is 0.0154. The molecule has 0 atom stereocenters. The second kappa shape index (κ2) is 6.48. The van der Waals surface area contributed by atoms with Crippen LogP contribution in [-0.2, 0) is 9.30 Å². The van der Waals surface area contributed by atoms with E-state index in [-0.39, 0.29) is 30.9 Å². The van der Waals surface area contributed by atoms with Crippen LogP contribution in [0.5, 0.6) is 5.88 Å². The first kappa shape index (κ1) is 15.4. The fourth-order valence-electron chi connectivity index (χ4n) is 1.06. The fourth-order valence-corrected chi connectivity index (χ4v) is 1.39. The summed E-state index contributed by atoms with van der Waals surface area (Å²) >= 11 is 0. The molecule has 19 heavy (non-hydrogen) atoms. The molecule has 0 amide bonds. The molecule has 0 saturated carbocycles. The molecule has 9 nitrogen and oxygen atoms in total. The van der Waals surface area contributed by atoms with Gasteiger partial charge >= 0.3 is 7.60 Å². The number of nitrogens with zero attached hydrogens (tertiary/aromatic N) is 2. The van der Waals surface area contributed by atoms with E-state index in [1.54, 1.807) is 0 Å². The monoisotopic (exact) mass is 290 g/mol. The van der Waals surface area contributed by atoms with Gasteiger partial charge in [0.15, 0.2) is 0 Å². The molecule has 0 aliphatic heterocycles. The number of hydrogen-bond donors (Lipinski definition) is 4. The van der Waals surface area contributed by atoms with E-state index in [1.165, 1.54) is 6.07 Å². The van der Waals surface area contributed by atoms with Crippen LogP contribution in [0.25, 0.3) is 0 Å². The Labute approximate surface area is 109 Å². The molecule has 106 valence electrons. The number of rotatable bonds is 7. The Bertz CT molecular complexity index is 483. The van der Waals surface area contributed by atoms with Gasteiger partial charge in [-0.15, -0.1) is 0 Å². The van der Waals surface area contributed by atoms with Gasteiger partial charge in [-0.05, 0) is 5.57 Å². The first-order chi connectivity index (χ1) is 8.76. The average Bonchev–Trinajstić information content (AvgIpc) is 2.23. The molecule has 6 N–H and O–H groups in total. The van der Waals surface area contributed by atoms with Crippen molar-refractivity contribution in [3.63, 3.8) is 0 Å². The maximum Gasteiger partial charge on any atom is 0.350 e. The van der Waals surface area contributed by atoms with Gasteiger partial charge in [0, 0.05) is 6.07 Å². The highest BCUT2D eigenvalue weighted by atomic mass is 31.2. The van der Waals surface area contributed by atoms with Gasteiger partial charge in [-0.2, -0.15) is 9.97 Å². The number of aromatic nitrogens is 2. The van der Waals surface area contributed by atoms with E-state index in [4.69, 9.17) is 30.7 Å². The Kier molecular flexibility index (Phi) is 5.25. The van der Waals surface area contributed by atoms with Gasteiger partial charge < -0.3 is 30.7 Å². The highest BCUT2D eigenvalue weighted by Crippen LogP contribution is 2.33. The zero-order valence-corrected chi connectivity index (χ0v) is 10.9. The molecule has 0 fully saturated rings. The molecular formula is C9H15N4O5P. The van der Waals surface area contributed by atoms with Crippen LogP contribution in [0.4, 0.5) is 11.8 Å². The minimum atomic E-state index is -4.17. The molecule has 0 bridgehead atoms. The van der Waals surface area contributed by atoms with E-state index in [0.29, 0.717) is 5.57 Å². The predicted octanol–water partition coefficient (Wildman–Crippen LogP) is -0.272. The first-order valence-electron chi connectivity index (χ1n) is 5.08. The van der Waals surface area contributed by atoms with E-state index >= 15 is 0 Å². The Hall–Kier alpha value is -1.67. The molecule has 0 radical (unpaired) electrons. The second-order valence-electron chi connectivity index (χ2n) is 3.67. The summed E-state index contributed by atoms with van der Waals surface area (Å²) in [6.45, 7) is 3.64. The van der Waals surface area contributed by atoms with Gasteiger partial charge in [0.25, 0.3) is 0 Å². The summed E-state index contributed by atoms with van der Waals surface area (Å²) in [7, 11) is -4.17. The first-order valence-corrected chi connectivity index (χ1v) is 6.88. The number of nitrogen functional groups attached to an aromatic ring is 2. The van der Waals surface area contributed by atoms with Crippen molar-refractivity contribution in [1.29, 1.82) is 0 Å². The van der Waals surface area contributed by atoms with Gasteiger partial charge in [-0.3, -0.25) is 4.57 Å². The number of hydrogen-bond acceptors (Lipinski definition) is 7. The smallest absolute Gasteiger partial charge is 0.350 e. The summed E-state index contributed by atoms with van der Waals surface area (Å²) < 4.78 is 20.5. The van der Waals surface area contributed by atoms with Crippen LogP contribution < -0.4 is 16.2 Å². The highest BCUT2D eigenvalue weighted by Gasteiger charge is 2.12. The van der Waals surface area contributed by atoms with Crippen LogP contribution in [0.15, 0.2) is 18.2 Å². The summed E-state index contributed by atoms with van der Waals surface area (Å²) in [5.74, 6) is 0.338. The van der Waals surface area contributed by atoms with Gasteiger partial charge in [0.2, 0.25) is 11.8 Å². The van der Waals surface area contributed by atoms with Crippen molar-refractivity contribution < 1.29 is 23.8 Å². The maximum atomic E-state index is 10.5. The van der Waals surface area contributed by atoms with E-state index < -0.39 is 13.9 Å². The van der Waals surface area contributed by atoms with Crippen LogP contribution >= 0.6 is 7.60 Å². The van der Waals surface area contributed by atoms with Crippen molar-refractivity contribution in [2.24, 2.45) is 0 Å². The lowest BCUT2D eigenvalue weighted by molar-refractivity contribution is 0.170. The second-order valence-corrected chi connectivity index (χ2v) is 5.26. The quantitative estimate of drug-likeness (QED) is 0.392. The highest BCUT2D eigenvalue weighted by molar-refractivity contribution is 7.51. The van der Waals surface area contributed by atoms with Gasteiger partial charge in [0.05, 0.1) is 6.61 Å². The summed E-state index contributed by atoms with van der Waals surface area (Å²) in [6, 6.07) is 1.39. The molecule has 1 rings (SSSR count). The lowest BCUT2D eigenvalue weighted by Crippen LogP contribution is -2.09. The Morgan fingerprint density at radius 1 is 1.37 bits per heavy atom. The molecule has 0 saturated heterocycles. The Morgan fingerprint density at radius 3 is 2.63 bits per heavy atom. The summed E-state index contributed by atoms with van der Waals surface area (Å²) in [5.41, 5.74) is 11.3. The van der Waals surface area contributed by atoms with Gasteiger partial charge in [-0.1, -0.05) is 6.58 Å². The molecule has 0 spiro atoms. The average molecular weight is 290 g/mol. The van der Waals surface area contributed by atoms with E-state index in [2.05, 4.69) is 16.5 Å². The standard InChI is InChI=1S/C9H15N4O5P/c1-6(3-17-5-19(14,15)16)4-18-8-2-7(10)12-9(11)13-8/h2H,1,3-5H2,(H2,14,15,16)(H4,10,11,12,13). The Morgan fingerprint density at radius 2 is 2.05 bits per heavy atom. The molecule has 0 unspecified atom stereocenters. The van der Waals surface area contributed by atoms with Crippen molar-refractivity contribution in [2.75, 3.05) is 31.0 Å². The topological polar surface area (TPSA) is 154 Å². The van der Waals surface area contributed by atoms with Crippen LogP contribution in [0.3, 0.4) is 0 Å². The van der Waals surface area contributed by atoms with Crippen molar-refractivity contribution in [1.82, 2.24) is 9.97 Å². The van der Waals surface area contributed by atoms with Crippen LogP contribution in [-0.4, -0.2) is 39.3 Å². The molecule has 1 heterocycles. The van der Waals surface area contributed by atoms with Crippen LogP contribution in [0.2, 0.25) is 0 Å². The van der Waals surface area contributed by atoms with Crippen molar-refractivity contribution in [3.8, 4) is 5.88 Å². The van der Waals surface area contributed by atoms with E-state index in [9.17, 15) is 4.57 Å². The Balaban J connectivity index is 2.36. The zero-order valence-electron chi connectivity index (χ0n) is 10.0. The molecule has 0 aliphatic rings. The maximum absolute atomic E-state index is 10.5. The third kappa shape index (κ3) is 6.73. The number of nitrogens with two attached hydrogens (primary N) is 2. The molecule has 10 heteroatoms.